The number of halogens is 1. The molecule has 1 amide bonds. The highest BCUT2D eigenvalue weighted by Crippen LogP contribution is 2.37. The lowest BCUT2D eigenvalue weighted by Crippen LogP contribution is -2.40. The van der Waals surface area contributed by atoms with Crippen molar-refractivity contribution in [2.75, 3.05) is 12.4 Å². The number of hydrogen-bond donors (Lipinski definition) is 1. The van der Waals surface area contributed by atoms with Crippen molar-refractivity contribution in [2.24, 2.45) is 0 Å². The first kappa shape index (κ1) is 21.4. The van der Waals surface area contributed by atoms with Gasteiger partial charge in [-0.25, -0.2) is 4.39 Å². The van der Waals surface area contributed by atoms with Crippen LogP contribution in [-0.4, -0.2) is 29.1 Å². The van der Waals surface area contributed by atoms with Crippen molar-refractivity contribution >= 4 is 23.4 Å². The Hall–Kier alpha value is -2.79. The van der Waals surface area contributed by atoms with E-state index in [0.717, 1.165) is 30.5 Å². The molecule has 0 aromatic heterocycles. The van der Waals surface area contributed by atoms with Gasteiger partial charge in [-0.2, -0.15) is 0 Å². The van der Waals surface area contributed by atoms with Crippen LogP contribution in [0.2, 0.25) is 0 Å². The lowest BCUT2D eigenvalue weighted by atomic mass is 10.1. The average Bonchev–Trinajstić information content (AvgIpc) is 3.26. The molecule has 2 atom stereocenters. The van der Waals surface area contributed by atoms with Crippen molar-refractivity contribution in [3.63, 3.8) is 0 Å². The van der Waals surface area contributed by atoms with Gasteiger partial charge in [-0.3, -0.25) is 4.79 Å². The maximum absolute atomic E-state index is 13.2. The van der Waals surface area contributed by atoms with E-state index in [1.165, 1.54) is 17.0 Å². The zero-order valence-corrected chi connectivity index (χ0v) is 18.4. The van der Waals surface area contributed by atoms with Gasteiger partial charge in [0.1, 0.15) is 5.82 Å². The Morgan fingerprint density at radius 1 is 1.06 bits per heavy atom. The van der Waals surface area contributed by atoms with E-state index in [0.29, 0.717) is 17.4 Å². The molecule has 3 aromatic rings. The summed E-state index contributed by atoms with van der Waals surface area (Å²) in [7, 11) is 1.91. The summed E-state index contributed by atoms with van der Waals surface area (Å²) in [5.74, 6) is -0.252. The number of carbonyl (C=O) groups excluding carboxylic acids is 1. The Balaban J connectivity index is 1.41. The van der Waals surface area contributed by atoms with Gasteiger partial charge >= 0.3 is 0 Å². The zero-order valence-electron chi connectivity index (χ0n) is 17.6. The summed E-state index contributed by atoms with van der Waals surface area (Å²) >= 11 is 1.87. The first-order valence-corrected chi connectivity index (χ1v) is 11.5. The Morgan fingerprint density at radius 2 is 1.84 bits per heavy atom. The fourth-order valence-electron chi connectivity index (χ4n) is 4.00. The third kappa shape index (κ3) is 5.47. The van der Waals surface area contributed by atoms with Crippen molar-refractivity contribution in [1.82, 2.24) is 4.90 Å². The van der Waals surface area contributed by atoms with Gasteiger partial charge in [0.05, 0.1) is 0 Å². The molecule has 3 aromatic carbocycles. The van der Waals surface area contributed by atoms with Crippen LogP contribution in [0.25, 0.3) is 0 Å². The van der Waals surface area contributed by atoms with Crippen LogP contribution in [0.5, 0.6) is 0 Å². The fourth-order valence-corrected chi connectivity index (χ4v) is 5.42. The summed E-state index contributed by atoms with van der Waals surface area (Å²) < 4.78 is 13.1. The second-order valence-corrected chi connectivity index (χ2v) is 9.15. The molecule has 1 radical (unpaired) electrons. The molecule has 2 unspecified atom stereocenters. The van der Waals surface area contributed by atoms with E-state index < -0.39 is 0 Å². The molecule has 159 valence electrons. The van der Waals surface area contributed by atoms with Crippen LogP contribution < -0.4 is 5.32 Å². The maximum atomic E-state index is 13.2. The molecule has 1 saturated carbocycles. The van der Waals surface area contributed by atoms with Crippen LogP contribution in [-0.2, 0) is 6.54 Å². The largest absolute Gasteiger partial charge is 0.380 e. The summed E-state index contributed by atoms with van der Waals surface area (Å²) in [5, 5.41) is 3.67. The van der Waals surface area contributed by atoms with E-state index in [1.807, 2.05) is 48.0 Å². The van der Waals surface area contributed by atoms with E-state index in [4.69, 9.17) is 0 Å². The topological polar surface area (TPSA) is 32.3 Å². The predicted octanol–water partition coefficient (Wildman–Crippen LogP) is 6.02. The molecule has 4 rings (SSSR count). The molecule has 0 bridgehead atoms. The summed E-state index contributed by atoms with van der Waals surface area (Å²) in [5.41, 5.74) is 2.28. The monoisotopic (exact) mass is 433 g/mol. The molecule has 31 heavy (non-hydrogen) atoms. The lowest BCUT2D eigenvalue weighted by Gasteiger charge is -2.29. The van der Waals surface area contributed by atoms with Crippen LogP contribution in [0.15, 0.2) is 77.7 Å². The number of benzene rings is 3. The van der Waals surface area contributed by atoms with Crippen LogP contribution >= 0.6 is 11.8 Å². The summed E-state index contributed by atoms with van der Waals surface area (Å²) in [6.07, 6.45) is 3.27. The number of amides is 1. The number of rotatable bonds is 7. The van der Waals surface area contributed by atoms with Crippen LogP contribution in [0.4, 0.5) is 10.1 Å². The molecule has 0 spiro atoms. The van der Waals surface area contributed by atoms with Crippen molar-refractivity contribution in [3.05, 3.63) is 95.8 Å². The highest BCUT2D eigenvalue weighted by molar-refractivity contribution is 8.00. The second-order valence-electron chi connectivity index (χ2n) is 7.84. The van der Waals surface area contributed by atoms with Crippen molar-refractivity contribution < 1.29 is 9.18 Å². The fraction of sp³-hybridized carbons (Fsp3) is 0.269. The second kappa shape index (κ2) is 10.0. The number of carbonyl (C=O) groups is 1. The van der Waals surface area contributed by atoms with Gasteiger partial charge in [0.25, 0.3) is 5.91 Å². The average molecular weight is 434 g/mol. The molecule has 5 heteroatoms. The molecule has 1 fully saturated rings. The third-order valence-corrected chi connectivity index (χ3v) is 7.08. The molecule has 0 aliphatic heterocycles. The summed E-state index contributed by atoms with van der Waals surface area (Å²) in [6, 6.07) is 25.8. The Labute approximate surface area is 187 Å². The Morgan fingerprint density at radius 3 is 2.61 bits per heavy atom. The minimum atomic E-state index is -0.249. The van der Waals surface area contributed by atoms with Gasteiger partial charge < -0.3 is 10.2 Å². The normalized spacial score (nSPS) is 18.0. The van der Waals surface area contributed by atoms with Crippen LogP contribution in [0, 0.1) is 11.9 Å². The minimum Gasteiger partial charge on any atom is -0.380 e. The zero-order chi connectivity index (χ0) is 21.6. The number of nitrogens with zero attached hydrogens (tertiary/aromatic N) is 1. The maximum Gasteiger partial charge on any atom is 0.254 e. The first-order chi connectivity index (χ1) is 15.1. The molecule has 3 nitrogen and oxygen atoms in total. The van der Waals surface area contributed by atoms with Gasteiger partial charge in [-0.15, -0.1) is 11.8 Å². The van der Waals surface area contributed by atoms with E-state index >= 15 is 0 Å². The van der Waals surface area contributed by atoms with Gasteiger partial charge in [-0.05, 0) is 54.8 Å². The number of hydrogen-bond acceptors (Lipinski definition) is 3. The van der Waals surface area contributed by atoms with Crippen LogP contribution in [0.1, 0.15) is 35.2 Å². The van der Waals surface area contributed by atoms with E-state index in [1.54, 1.807) is 12.1 Å². The molecule has 1 N–H and O–H groups in total. The van der Waals surface area contributed by atoms with E-state index in [-0.39, 0.29) is 17.8 Å². The summed E-state index contributed by atoms with van der Waals surface area (Å²) in [4.78, 5) is 16.4. The predicted molar refractivity (Wildman–Crippen MR) is 125 cm³/mol. The number of nitrogens with one attached hydrogen (secondary N) is 1. The molecule has 1 aliphatic carbocycles. The molecule has 0 heterocycles. The van der Waals surface area contributed by atoms with Gasteiger partial charge in [0, 0.05) is 47.1 Å². The van der Waals surface area contributed by atoms with Crippen molar-refractivity contribution in [2.45, 2.75) is 42.0 Å². The summed E-state index contributed by atoms with van der Waals surface area (Å²) in [6.45, 7) is 0.544. The highest BCUT2D eigenvalue weighted by atomic mass is 32.2. The van der Waals surface area contributed by atoms with Crippen LogP contribution in [0.3, 0.4) is 0 Å². The number of thioether (sulfide) groups is 1. The number of anilines is 1. The molecular weight excluding hydrogens is 407 g/mol. The van der Waals surface area contributed by atoms with Crippen molar-refractivity contribution in [3.8, 4) is 0 Å². The Kier molecular flexibility index (Phi) is 6.92. The molecule has 1 aliphatic rings. The van der Waals surface area contributed by atoms with Gasteiger partial charge in [0.15, 0.2) is 0 Å². The third-order valence-electron chi connectivity index (χ3n) is 5.69. The van der Waals surface area contributed by atoms with E-state index in [9.17, 15) is 9.18 Å². The standard InChI is InChI=1S/C26H26FN2OS/c1-29(24-11-6-12-25(24)31-23-9-3-2-4-10-23)26(30)20-7-5-8-22(17-20)28-18-19-13-15-21(27)16-14-19/h2-5,7-10,13-16,24-25,28H,6,11-12,18H2,1H3. The van der Waals surface area contributed by atoms with Gasteiger partial charge in [0.2, 0.25) is 0 Å². The highest BCUT2D eigenvalue weighted by Gasteiger charge is 2.33. The van der Waals surface area contributed by atoms with E-state index in [2.05, 4.69) is 35.6 Å². The quantitative estimate of drug-likeness (QED) is 0.494. The lowest BCUT2D eigenvalue weighted by molar-refractivity contribution is 0.0738. The minimum absolute atomic E-state index is 0.00371. The first-order valence-electron chi connectivity index (χ1n) is 10.6. The molecular formula is C26H26FN2OS. The smallest absolute Gasteiger partial charge is 0.254 e. The SMILES string of the molecule is CN(C(=O)c1[c]c(NCc2ccc(F)cc2)ccc1)C1CCCC1Sc1ccccc1. The van der Waals surface area contributed by atoms with Gasteiger partial charge in [-0.1, -0.05) is 42.8 Å². The Bertz CT molecular complexity index is 1010. The van der Waals surface area contributed by atoms with Crippen molar-refractivity contribution in [1.29, 1.82) is 0 Å². The molecule has 0 saturated heterocycles.